The number of imidazole rings is 1. The summed E-state index contributed by atoms with van der Waals surface area (Å²) < 4.78 is 28.9. The first-order chi connectivity index (χ1) is 10.0. The molecule has 0 unspecified atom stereocenters. The van der Waals surface area contributed by atoms with E-state index >= 15 is 0 Å². The Bertz CT molecular complexity index is 881. The zero-order valence-corrected chi connectivity index (χ0v) is 12.6. The molecule has 0 aliphatic carbocycles. The highest BCUT2D eigenvalue weighted by Crippen LogP contribution is 2.26. The van der Waals surface area contributed by atoms with Gasteiger partial charge in [-0.1, -0.05) is 6.07 Å². The lowest BCUT2D eigenvalue weighted by Gasteiger charge is -2.08. The van der Waals surface area contributed by atoms with Crippen LogP contribution >= 0.6 is 11.3 Å². The molecule has 21 heavy (non-hydrogen) atoms. The molecule has 3 heterocycles. The third-order valence-electron chi connectivity index (χ3n) is 2.76. The van der Waals surface area contributed by atoms with Gasteiger partial charge in [-0.05, 0) is 18.6 Å². The number of sulfonamides is 1. The number of nitrogens with zero attached hydrogens (tertiary/aromatic N) is 3. The summed E-state index contributed by atoms with van der Waals surface area (Å²) >= 11 is 1.31. The lowest BCUT2D eigenvalue weighted by molar-refractivity contribution is 0.597. The SMILES string of the molecule is Cc1ccc(NS(=O)(=O)c2c(NN)nc3sccn23)nc1. The Balaban J connectivity index is 2.07. The van der Waals surface area contributed by atoms with Gasteiger partial charge in [-0.3, -0.25) is 9.12 Å². The van der Waals surface area contributed by atoms with Gasteiger partial charge in [-0.2, -0.15) is 13.4 Å². The van der Waals surface area contributed by atoms with Gasteiger partial charge in [0.05, 0.1) is 0 Å². The largest absolute Gasteiger partial charge is 0.306 e. The maximum absolute atomic E-state index is 12.5. The van der Waals surface area contributed by atoms with E-state index in [4.69, 9.17) is 5.84 Å². The molecule has 110 valence electrons. The average molecular weight is 324 g/mol. The Kier molecular flexibility index (Phi) is 3.27. The van der Waals surface area contributed by atoms with Crippen molar-refractivity contribution in [2.45, 2.75) is 11.9 Å². The van der Waals surface area contributed by atoms with Crippen LogP contribution in [0.4, 0.5) is 11.6 Å². The first kappa shape index (κ1) is 13.8. The van der Waals surface area contributed by atoms with Crippen LogP contribution in [0.15, 0.2) is 34.9 Å². The fourth-order valence-electron chi connectivity index (χ4n) is 1.83. The lowest BCUT2D eigenvalue weighted by atomic mass is 10.3. The monoisotopic (exact) mass is 324 g/mol. The summed E-state index contributed by atoms with van der Waals surface area (Å²) in [6.45, 7) is 1.87. The van der Waals surface area contributed by atoms with E-state index in [9.17, 15) is 8.42 Å². The summed E-state index contributed by atoms with van der Waals surface area (Å²) in [5, 5.41) is 1.69. The number of hydrogen-bond acceptors (Lipinski definition) is 7. The van der Waals surface area contributed by atoms with E-state index in [1.54, 1.807) is 29.9 Å². The molecule has 10 heteroatoms. The average Bonchev–Trinajstić information content (AvgIpc) is 3.00. The third-order valence-corrected chi connectivity index (χ3v) is 4.89. The molecule has 3 rings (SSSR count). The number of anilines is 2. The van der Waals surface area contributed by atoms with Gasteiger partial charge in [0.15, 0.2) is 10.8 Å². The zero-order valence-electron chi connectivity index (χ0n) is 10.9. The molecule has 0 aliphatic rings. The highest BCUT2D eigenvalue weighted by atomic mass is 32.2. The standard InChI is InChI=1S/C11H12N6O2S2/c1-7-2-3-8(13-6-7)16-21(18,19)10-9(15-12)14-11-17(10)4-5-20-11/h2-6,15H,12H2,1H3,(H,13,16). The Labute approximate surface area is 124 Å². The molecule has 0 bridgehead atoms. The quantitative estimate of drug-likeness (QED) is 0.490. The predicted molar refractivity (Wildman–Crippen MR) is 80.7 cm³/mol. The highest BCUT2D eigenvalue weighted by molar-refractivity contribution is 7.92. The number of fused-ring (bicyclic) bond motifs is 1. The molecule has 4 N–H and O–H groups in total. The summed E-state index contributed by atoms with van der Waals surface area (Å²) in [6, 6.07) is 3.36. The van der Waals surface area contributed by atoms with Crippen molar-refractivity contribution in [3.05, 3.63) is 35.5 Å². The van der Waals surface area contributed by atoms with E-state index in [0.29, 0.717) is 4.96 Å². The van der Waals surface area contributed by atoms with Gasteiger partial charge in [0, 0.05) is 17.8 Å². The fraction of sp³-hybridized carbons (Fsp3) is 0.0909. The van der Waals surface area contributed by atoms with Gasteiger partial charge < -0.3 is 5.43 Å². The number of nitrogen functional groups attached to an aromatic ring is 1. The molecule has 0 saturated heterocycles. The molecule has 3 aromatic rings. The number of aromatic nitrogens is 3. The second kappa shape index (κ2) is 4.98. The number of pyridine rings is 1. The Morgan fingerprint density at radius 1 is 1.38 bits per heavy atom. The van der Waals surface area contributed by atoms with Crippen molar-refractivity contribution in [3.63, 3.8) is 0 Å². The topological polar surface area (TPSA) is 114 Å². The van der Waals surface area contributed by atoms with Crippen molar-refractivity contribution in [3.8, 4) is 0 Å². The van der Waals surface area contributed by atoms with Crippen LogP contribution in [0.5, 0.6) is 0 Å². The normalized spacial score (nSPS) is 11.7. The number of aryl methyl sites for hydroxylation is 1. The van der Waals surface area contributed by atoms with Crippen molar-refractivity contribution in [2.75, 3.05) is 10.1 Å². The molecule has 0 aliphatic heterocycles. The van der Waals surface area contributed by atoms with Crippen LogP contribution in [0.3, 0.4) is 0 Å². The highest BCUT2D eigenvalue weighted by Gasteiger charge is 2.26. The van der Waals surface area contributed by atoms with Gasteiger partial charge >= 0.3 is 0 Å². The molecule has 3 aromatic heterocycles. The van der Waals surface area contributed by atoms with Gasteiger partial charge in [-0.25, -0.2) is 10.8 Å². The molecular formula is C11H12N6O2S2. The van der Waals surface area contributed by atoms with Crippen LogP contribution < -0.4 is 16.0 Å². The number of hydrogen-bond donors (Lipinski definition) is 3. The summed E-state index contributed by atoms with van der Waals surface area (Å²) in [5.41, 5.74) is 3.24. The Hall–Kier alpha value is -2.17. The molecule has 0 radical (unpaired) electrons. The minimum atomic E-state index is -3.87. The van der Waals surface area contributed by atoms with Crippen molar-refractivity contribution in [1.82, 2.24) is 14.4 Å². The van der Waals surface area contributed by atoms with Crippen LogP contribution in [-0.4, -0.2) is 22.8 Å². The van der Waals surface area contributed by atoms with E-state index in [1.165, 1.54) is 15.7 Å². The third kappa shape index (κ3) is 2.44. The summed E-state index contributed by atoms with van der Waals surface area (Å²) in [4.78, 5) is 8.67. The maximum atomic E-state index is 12.5. The van der Waals surface area contributed by atoms with Crippen LogP contribution in [0.1, 0.15) is 5.56 Å². The van der Waals surface area contributed by atoms with E-state index in [0.717, 1.165) is 5.56 Å². The Morgan fingerprint density at radius 3 is 2.86 bits per heavy atom. The smallest absolute Gasteiger partial charge is 0.282 e. The molecule has 0 amide bonds. The molecule has 0 aromatic carbocycles. The summed E-state index contributed by atoms with van der Waals surface area (Å²) in [5.74, 6) is 5.67. The van der Waals surface area contributed by atoms with Crippen LogP contribution in [0.25, 0.3) is 4.96 Å². The van der Waals surface area contributed by atoms with E-state index < -0.39 is 10.0 Å². The van der Waals surface area contributed by atoms with Gasteiger partial charge in [-0.15, -0.1) is 11.3 Å². The van der Waals surface area contributed by atoms with Gasteiger partial charge in [0.25, 0.3) is 10.0 Å². The minimum absolute atomic E-state index is 0.0522. The number of rotatable bonds is 4. The number of nitrogens with one attached hydrogen (secondary N) is 2. The minimum Gasteiger partial charge on any atom is -0.306 e. The summed E-state index contributed by atoms with van der Waals surface area (Å²) in [7, 11) is -3.87. The number of thiazole rings is 1. The maximum Gasteiger partial charge on any atom is 0.282 e. The van der Waals surface area contributed by atoms with Gasteiger partial charge in [0.2, 0.25) is 5.03 Å². The molecule has 0 saturated carbocycles. The second-order valence-electron chi connectivity index (χ2n) is 4.29. The molecule has 0 fully saturated rings. The Morgan fingerprint density at radius 2 is 2.19 bits per heavy atom. The molecular weight excluding hydrogens is 312 g/mol. The fourth-order valence-corrected chi connectivity index (χ4v) is 3.86. The first-order valence-electron chi connectivity index (χ1n) is 5.89. The zero-order chi connectivity index (χ0) is 15.0. The van der Waals surface area contributed by atoms with Crippen LogP contribution in [0, 0.1) is 6.92 Å². The van der Waals surface area contributed by atoms with Crippen LogP contribution in [-0.2, 0) is 10.0 Å². The van der Waals surface area contributed by atoms with E-state index in [2.05, 4.69) is 20.1 Å². The number of hydrazine groups is 1. The number of nitrogens with two attached hydrogens (primary N) is 1. The second-order valence-corrected chi connectivity index (χ2v) is 6.76. The van der Waals surface area contributed by atoms with Crippen molar-refractivity contribution in [2.24, 2.45) is 5.84 Å². The van der Waals surface area contributed by atoms with Crippen molar-refractivity contribution < 1.29 is 8.42 Å². The molecule has 8 nitrogen and oxygen atoms in total. The summed E-state index contributed by atoms with van der Waals surface area (Å²) in [6.07, 6.45) is 3.20. The molecule has 0 atom stereocenters. The van der Waals surface area contributed by atoms with Gasteiger partial charge in [0.1, 0.15) is 5.82 Å². The lowest BCUT2D eigenvalue weighted by Crippen LogP contribution is -2.19. The molecule has 0 spiro atoms. The predicted octanol–water partition coefficient (Wildman–Crippen LogP) is 1.19. The van der Waals surface area contributed by atoms with Crippen molar-refractivity contribution >= 4 is 38.0 Å². The first-order valence-corrected chi connectivity index (χ1v) is 8.25. The van der Waals surface area contributed by atoms with Crippen molar-refractivity contribution in [1.29, 1.82) is 0 Å². The van der Waals surface area contributed by atoms with E-state index in [-0.39, 0.29) is 16.7 Å². The van der Waals surface area contributed by atoms with Crippen LogP contribution in [0.2, 0.25) is 0 Å². The van der Waals surface area contributed by atoms with E-state index in [1.807, 2.05) is 6.92 Å².